The van der Waals surface area contributed by atoms with Gasteiger partial charge in [-0.15, -0.1) is 0 Å². The van der Waals surface area contributed by atoms with E-state index in [0.29, 0.717) is 0 Å². The molecule has 0 bridgehead atoms. The van der Waals surface area contributed by atoms with Gasteiger partial charge in [0.05, 0.1) is 0 Å². The van der Waals surface area contributed by atoms with Crippen molar-refractivity contribution in [3.8, 4) is 55.6 Å². The van der Waals surface area contributed by atoms with Crippen LogP contribution in [0.4, 0.5) is 34.1 Å². The molecular formula is C72H60N2. The van der Waals surface area contributed by atoms with Gasteiger partial charge in [0, 0.05) is 45.0 Å². The number of hydrogen-bond donors (Lipinski definition) is 0. The second-order valence-electron chi connectivity index (χ2n) is 21.4. The lowest BCUT2D eigenvalue weighted by Crippen LogP contribution is -2.28. The maximum Gasteiger partial charge on any atom is 0.0465 e. The third-order valence-corrected chi connectivity index (χ3v) is 17.5. The van der Waals surface area contributed by atoms with Crippen molar-refractivity contribution in [1.29, 1.82) is 0 Å². The zero-order valence-corrected chi connectivity index (χ0v) is 42.1. The molecule has 10 aromatic carbocycles. The highest BCUT2D eigenvalue weighted by Crippen LogP contribution is 2.58. The van der Waals surface area contributed by atoms with Crippen molar-refractivity contribution >= 4 is 34.1 Å². The summed E-state index contributed by atoms with van der Waals surface area (Å²) in [5, 5.41) is 0. The molecule has 0 aromatic heterocycles. The Morgan fingerprint density at radius 1 is 0.216 bits per heavy atom. The molecule has 2 heteroatoms. The molecule has 0 N–H and O–H groups in total. The van der Waals surface area contributed by atoms with Gasteiger partial charge in [-0.3, -0.25) is 0 Å². The number of rotatable bonds is 9. The van der Waals surface area contributed by atoms with E-state index in [1.165, 1.54) is 153 Å². The van der Waals surface area contributed by atoms with E-state index in [9.17, 15) is 0 Å². The van der Waals surface area contributed by atoms with E-state index in [0.717, 1.165) is 22.7 Å². The first-order valence-corrected chi connectivity index (χ1v) is 27.2. The summed E-state index contributed by atoms with van der Waals surface area (Å²) in [7, 11) is 0. The predicted octanol–water partition coefficient (Wildman–Crippen LogP) is 20.1. The fourth-order valence-corrected chi connectivity index (χ4v) is 13.9. The minimum Gasteiger partial charge on any atom is -0.310 e. The van der Waals surface area contributed by atoms with Crippen molar-refractivity contribution in [3.63, 3.8) is 0 Å². The summed E-state index contributed by atoms with van der Waals surface area (Å²) >= 11 is 0. The molecule has 74 heavy (non-hydrogen) atoms. The van der Waals surface area contributed by atoms with Gasteiger partial charge in [0.15, 0.2) is 0 Å². The van der Waals surface area contributed by atoms with E-state index >= 15 is 0 Å². The molecule has 2 nitrogen and oxygen atoms in total. The third kappa shape index (κ3) is 7.45. The maximum atomic E-state index is 2.54. The van der Waals surface area contributed by atoms with E-state index in [2.05, 4.69) is 252 Å². The van der Waals surface area contributed by atoms with Crippen molar-refractivity contribution in [3.05, 3.63) is 265 Å². The van der Waals surface area contributed by atoms with Crippen LogP contribution in [0.2, 0.25) is 0 Å². The molecule has 4 aliphatic carbocycles. The highest BCUT2D eigenvalue weighted by molar-refractivity contribution is 5.89. The number of nitrogens with zero attached hydrogens (tertiary/aromatic N) is 2. The van der Waals surface area contributed by atoms with Crippen LogP contribution < -0.4 is 9.80 Å². The van der Waals surface area contributed by atoms with Crippen molar-refractivity contribution < 1.29 is 0 Å². The molecular weight excluding hydrogens is 893 g/mol. The van der Waals surface area contributed by atoms with E-state index in [4.69, 9.17) is 0 Å². The smallest absolute Gasteiger partial charge is 0.0465 e. The first-order chi connectivity index (χ1) is 36.6. The second-order valence-corrected chi connectivity index (χ2v) is 21.4. The first-order valence-electron chi connectivity index (χ1n) is 27.2. The first kappa shape index (κ1) is 44.5. The van der Waals surface area contributed by atoms with Crippen molar-refractivity contribution in [2.75, 3.05) is 9.80 Å². The summed E-state index contributed by atoms with van der Waals surface area (Å²) in [5.41, 5.74) is 26.1. The third-order valence-electron chi connectivity index (χ3n) is 17.5. The molecule has 14 rings (SSSR count). The molecule has 10 aromatic rings. The Bertz CT molecular complexity index is 3390. The molecule has 0 saturated heterocycles. The van der Waals surface area contributed by atoms with Crippen LogP contribution in [0.15, 0.2) is 243 Å². The SMILES string of the molecule is c1ccc(-c2ccc(N(c3ccc(-c4ccc(N(c5ccc(-c6ccccc6)cc5)c5ccc6c(c5)C5(CCCCC5)c5ccccc5-6)cc4)cc3)c3ccc4c(c3)C3(CCCCC3)c3ccccc3-4)cc2)cc1. The maximum absolute atomic E-state index is 2.54. The van der Waals surface area contributed by atoms with Gasteiger partial charge < -0.3 is 9.80 Å². The van der Waals surface area contributed by atoms with E-state index in [1.54, 1.807) is 0 Å². The predicted molar refractivity (Wildman–Crippen MR) is 311 cm³/mol. The number of anilines is 6. The number of benzene rings is 10. The van der Waals surface area contributed by atoms with E-state index in [1.807, 2.05) is 0 Å². The average molecular weight is 953 g/mol. The van der Waals surface area contributed by atoms with Gasteiger partial charge in [-0.2, -0.15) is 0 Å². The minimum atomic E-state index is 0.0736. The zero-order chi connectivity index (χ0) is 49.1. The molecule has 358 valence electrons. The highest BCUT2D eigenvalue weighted by atomic mass is 15.1. The molecule has 0 amide bonds. The monoisotopic (exact) mass is 952 g/mol. The lowest BCUT2D eigenvalue weighted by atomic mass is 9.68. The van der Waals surface area contributed by atoms with Crippen molar-refractivity contribution in [1.82, 2.24) is 0 Å². The van der Waals surface area contributed by atoms with Gasteiger partial charge in [0.1, 0.15) is 0 Å². The fourth-order valence-electron chi connectivity index (χ4n) is 13.9. The van der Waals surface area contributed by atoms with Crippen LogP contribution in [0, 0.1) is 0 Å². The van der Waals surface area contributed by atoms with Gasteiger partial charge in [0.25, 0.3) is 0 Å². The molecule has 0 atom stereocenters. The molecule has 4 aliphatic rings. The molecule has 0 radical (unpaired) electrons. The molecule has 2 saturated carbocycles. The van der Waals surface area contributed by atoms with Crippen LogP contribution in [0.1, 0.15) is 86.5 Å². The standard InChI is InChI=1S/C72H60N2/c1-5-17-51(18-6-1)53-25-33-57(34-26-53)73(61-41-43-65-63-21-9-11-23-67(63)71(69(65)49-61)45-13-3-14-46-71)59-37-29-55(30-38-59)56-31-39-60(40-32-56)74(58-35-27-54(28-36-58)52-19-7-2-8-20-52)62-42-44-66-64-22-10-12-24-68(64)72(70(66)50-62)47-15-4-16-48-72/h1-2,5-12,17-44,49-50H,3-4,13-16,45-48H2. The molecule has 2 fully saturated rings. The Hall–Kier alpha value is -8.20. The van der Waals surface area contributed by atoms with Crippen LogP contribution in [0.25, 0.3) is 55.6 Å². The average Bonchev–Trinajstić information content (AvgIpc) is 3.89. The van der Waals surface area contributed by atoms with Gasteiger partial charge in [-0.05, 0) is 176 Å². The number of fused-ring (bicyclic) bond motifs is 10. The van der Waals surface area contributed by atoms with Crippen molar-refractivity contribution in [2.24, 2.45) is 0 Å². The van der Waals surface area contributed by atoms with Gasteiger partial charge in [-0.1, -0.05) is 208 Å². The summed E-state index contributed by atoms with van der Waals surface area (Å²) in [5.74, 6) is 0. The quantitative estimate of drug-likeness (QED) is 0.142. The molecule has 2 spiro atoms. The van der Waals surface area contributed by atoms with Gasteiger partial charge >= 0.3 is 0 Å². The fraction of sp³-hybridized carbons (Fsp3) is 0.167. The minimum absolute atomic E-state index is 0.0736. The Kier molecular flexibility index (Phi) is 11.1. The lowest BCUT2D eigenvalue weighted by Gasteiger charge is -2.36. The summed E-state index contributed by atoms with van der Waals surface area (Å²) in [6.07, 6.45) is 12.6. The van der Waals surface area contributed by atoms with Crippen LogP contribution in [-0.4, -0.2) is 0 Å². The Morgan fingerprint density at radius 3 is 0.824 bits per heavy atom. The molecule has 0 heterocycles. The molecule has 0 unspecified atom stereocenters. The second kappa shape index (κ2) is 18.4. The van der Waals surface area contributed by atoms with Crippen LogP contribution in [-0.2, 0) is 10.8 Å². The number of hydrogen-bond acceptors (Lipinski definition) is 2. The van der Waals surface area contributed by atoms with Crippen LogP contribution >= 0.6 is 0 Å². The van der Waals surface area contributed by atoms with Gasteiger partial charge in [-0.25, -0.2) is 0 Å². The Morgan fingerprint density at radius 2 is 0.486 bits per heavy atom. The largest absolute Gasteiger partial charge is 0.310 e. The van der Waals surface area contributed by atoms with Gasteiger partial charge in [0.2, 0.25) is 0 Å². The van der Waals surface area contributed by atoms with E-state index < -0.39 is 0 Å². The summed E-state index contributed by atoms with van der Waals surface area (Å²) in [4.78, 5) is 4.93. The lowest BCUT2D eigenvalue weighted by molar-refractivity contribution is 0.353. The topological polar surface area (TPSA) is 6.48 Å². The Balaban J connectivity index is 0.827. The van der Waals surface area contributed by atoms with E-state index in [-0.39, 0.29) is 10.8 Å². The summed E-state index contributed by atoms with van der Waals surface area (Å²) < 4.78 is 0. The Labute approximate surface area is 437 Å². The normalized spacial score (nSPS) is 15.5. The summed E-state index contributed by atoms with van der Waals surface area (Å²) in [6, 6.07) is 91.2. The summed E-state index contributed by atoms with van der Waals surface area (Å²) in [6.45, 7) is 0. The molecule has 0 aliphatic heterocycles. The zero-order valence-electron chi connectivity index (χ0n) is 42.1. The van der Waals surface area contributed by atoms with Crippen LogP contribution in [0.5, 0.6) is 0 Å². The van der Waals surface area contributed by atoms with Crippen LogP contribution in [0.3, 0.4) is 0 Å². The van der Waals surface area contributed by atoms with Crippen molar-refractivity contribution in [2.45, 2.75) is 75.0 Å². The highest BCUT2D eigenvalue weighted by Gasteiger charge is 2.45.